The van der Waals surface area contributed by atoms with E-state index >= 15 is 0 Å². The van der Waals surface area contributed by atoms with Crippen LogP contribution in [0.5, 0.6) is 0 Å². The molecule has 15 atom stereocenters. The number of rotatable bonds is 12. The fourth-order valence-corrected chi connectivity index (χ4v) is 10.6. The second-order valence-corrected chi connectivity index (χ2v) is 20.0. The molecule has 378 valence electrons. The van der Waals surface area contributed by atoms with E-state index in [0.29, 0.717) is 75.1 Å². The molecule has 0 amide bonds. The summed E-state index contributed by atoms with van der Waals surface area (Å²) in [5, 5.41) is 33.9. The van der Waals surface area contributed by atoms with Gasteiger partial charge in [0.2, 0.25) is 5.89 Å². The molecule has 0 aromatic carbocycles. The highest BCUT2D eigenvalue weighted by atomic mass is 79.9. The highest BCUT2D eigenvalue weighted by molar-refractivity contribution is 9.11. The van der Waals surface area contributed by atoms with E-state index in [2.05, 4.69) is 22.5 Å². The molecule has 5 aliphatic rings. The van der Waals surface area contributed by atoms with Gasteiger partial charge in [0.05, 0.1) is 67.5 Å². The first-order valence-electron chi connectivity index (χ1n) is 24.3. The van der Waals surface area contributed by atoms with Gasteiger partial charge in [-0.3, -0.25) is 0 Å². The second kappa shape index (κ2) is 24.5. The molecule has 2 aromatic rings. The van der Waals surface area contributed by atoms with Crippen molar-refractivity contribution in [3.63, 3.8) is 0 Å². The second-order valence-electron chi connectivity index (χ2n) is 19.5. The van der Waals surface area contributed by atoms with E-state index in [9.17, 15) is 20.1 Å². The summed E-state index contributed by atoms with van der Waals surface area (Å²) < 4.78 is 55.2. The molecule has 8 bridgehead atoms. The normalized spacial score (nSPS) is 35.2. The molecule has 4 fully saturated rings. The number of hydrogen-bond acceptors (Lipinski definition) is 15. The van der Waals surface area contributed by atoms with Gasteiger partial charge < -0.3 is 57.3 Å². The number of hydrogen-bond donors (Lipinski definition) is 3. The lowest BCUT2D eigenvalue weighted by molar-refractivity contribution is -0.286. The number of halogens is 1. The minimum atomic E-state index is -1.73. The van der Waals surface area contributed by atoms with Gasteiger partial charge in [0, 0.05) is 57.8 Å². The summed E-state index contributed by atoms with van der Waals surface area (Å²) in [6, 6.07) is 0. The Kier molecular flexibility index (Phi) is 18.9. The van der Waals surface area contributed by atoms with Gasteiger partial charge in [-0.25, -0.2) is 14.8 Å². The summed E-state index contributed by atoms with van der Waals surface area (Å²) in [5.74, 6) is -1.95. The lowest BCUT2D eigenvalue weighted by Crippen LogP contribution is -2.51. The van der Waals surface area contributed by atoms with Crippen LogP contribution in [-0.2, 0) is 44.4 Å². The SMILES string of the molecule is C=C1C[C@@H]2C[C@@H]3C[C@@H](O)C[C@@H](O3)c3coc(n3)C=CC[C@H]3O[C@@H](C(C)=Cc4coc(C[C@]5(O)C[C@H](OC)C[C@H]([C@H](O)C=C(C)C=CC(CC=CBr)OC)O5)n4)[C@H](C)[C@@H](OC(=O)C=CC[C@@H](C1)O2)[C@@H]3C. The van der Waals surface area contributed by atoms with Crippen LogP contribution in [0.25, 0.3) is 12.2 Å². The Hall–Kier alpha value is -3.81. The van der Waals surface area contributed by atoms with Crippen LogP contribution in [0.4, 0.5) is 0 Å². The van der Waals surface area contributed by atoms with Crippen LogP contribution in [0.2, 0.25) is 0 Å². The number of ether oxygens (including phenoxy) is 7. The van der Waals surface area contributed by atoms with Crippen LogP contribution in [0, 0.1) is 11.8 Å². The number of oxazole rings is 2. The number of allylic oxidation sites excluding steroid dienone is 2. The van der Waals surface area contributed by atoms with Crippen molar-refractivity contribution in [2.24, 2.45) is 11.8 Å². The van der Waals surface area contributed by atoms with Gasteiger partial charge in [0.15, 0.2) is 11.7 Å². The van der Waals surface area contributed by atoms with Crippen LogP contribution < -0.4 is 0 Å². The third-order valence-corrected chi connectivity index (χ3v) is 14.2. The predicted molar refractivity (Wildman–Crippen MR) is 261 cm³/mol. The first-order valence-corrected chi connectivity index (χ1v) is 25.2. The maximum Gasteiger partial charge on any atom is 0.330 e. The van der Waals surface area contributed by atoms with Crippen LogP contribution in [0.3, 0.4) is 0 Å². The minimum Gasteiger partial charge on any atom is -0.458 e. The number of carbonyl (C=O) groups excluding carboxylic acids is 1. The van der Waals surface area contributed by atoms with Gasteiger partial charge in [-0.05, 0) is 75.1 Å². The smallest absolute Gasteiger partial charge is 0.330 e. The zero-order valence-corrected chi connectivity index (χ0v) is 42.3. The van der Waals surface area contributed by atoms with Gasteiger partial charge in [0.25, 0.3) is 0 Å². The number of esters is 1. The van der Waals surface area contributed by atoms with E-state index < -0.39 is 48.4 Å². The Balaban J connectivity index is 1.06. The molecule has 7 heterocycles. The van der Waals surface area contributed by atoms with Crippen molar-refractivity contribution in [3.05, 3.63) is 107 Å². The Morgan fingerprint density at radius 2 is 1.78 bits per heavy atom. The van der Waals surface area contributed by atoms with Crippen molar-refractivity contribution in [2.75, 3.05) is 14.2 Å². The number of methoxy groups -OCH3 is 2. The zero-order chi connectivity index (χ0) is 49.2. The summed E-state index contributed by atoms with van der Waals surface area (Å²) >= 11 is 3.28. The van der Waals surface area contributed by atoms with E-state index in [4.69, 9.17) is 52.0 Å². The van der Waals surface area contributed by atoms with E-state index in [1.165, 1.54) is 12.3 Å². The number of carbonyl (C=O) groups is 1. The number of fused-ring (bicyclic) bond motifs is 9. The van der Waals surface area contributed by atoms with Gasteiger partial charge >= 0.3 is 5.97 Å². The van der Waals surface area contributed by atoms with Crippen molar-refractivity contribution in [3.8, 4) is 0 Å². The molecule has 2 aromatic heterocycles. The van der Waals surface area contributed by atoms with Crippen molar-refractivity contribution < 1.29 is 62.1 Å². The lowest BCUT2D eigenvalue weighted by Gasteiger charge is -2.44. The van der Waals surface area contributed by atoms with Crippen molar-refractivity contribution in [1.82, 2.24) is 9.97 Å². The van der Waals surface area contributed by atoms with Gasteiger partial charge in [-0.1, -0.05) is 84.0 Å². The molecule has 5 aliphatic heterocycles. The molecule has 1 unspecified atom stereocenters. The number of aromatic nitrogens is 2. The maximum absolute atomic E-state index is 13.6. The number of aliphatic hydroxyl groups is 3. The average Bonchev–Trinajstić information content (AvgIpc) is 3.96. The molecule has 3 N–H and O–H groups in total. The van der Waals surface area contributed by atoms with Crippen LogP contribution in [0.15, 0.2) is 92.2 Å². The Labute approximate surface area is 414 Å². The van der Waals surface area contributed by atoms with Crippen LogP contribution in [0.1, 0.15) is 121 Å². The van der Waals surface area contributed by atoms with E-state index in [-0.39, 0.29) is 67.2 Å². The fourth-order valence-electron chi connectivity index (χ4n) is 10.4. The summed E-state index contributed by atoms with van der Waals surface area (Å²) in [6.07, 6.45) is 19.5. The van der Waals surface area contributed by atoms with Gasteiger partial charge in [-0.2, -0.15) is 0 Å². The first-order chi connectivity index (χ1) is 33.1. The monoisotopic (exact) mass is 1020 g/mol. The van der Waals surface area contributed by atoms with E-state index in [1.807, 2.05) is 64.2 Å². The third-order valence-electron chi connectivity index (χ3n) is 13.9. The molecule has 15 nitrogen and oxygen atoms in total. The summed E-state index contributed by atoms with van der Waals surface area (Å²) in [7, 11) is 3.22. The number of aliphatic hydroxyl groups excluding tert-OH is 2. The molecule has 0 saturated carbocycles. The van der Waals surface area contributed by atoms with E-state index in [1.54, 1.807) is 37.6 Å². The highest BCUT2D eigenvalue weighted by Gasteiger charge is 2.45. The standard InChI is InChI=1S/C53H71BrN2O13/c1-31(16-17-38(61-6)12-10-18-54)21-44(58)47-26-42(62-7)27-53(60,69-47)28-49-55-36(29-63-49)22-33(3)51-35(5)52-34(4)45(67-51)13-9-14-48-56-43(30-64-48)46-24-37(57)23-41(66-46)25-40-20-32(2)19-39(65-40)11-8-15-50(59)68-52/h8-10,14-18,21-22,29-30,34-35,37-42,44-47,51-52,57-58,60H,2,11-13,19-20,23-28H2,1,3-7H3/t34-,35+,37-,38?,39+,40-,41+,42-,44-,45-,46-,47-,51+,52+,53+/m1/s1. The zero-order valence-electron chi connectivity index (χ0n) is 40.7. The number of nitrogens with zero attached hydrogens (tertiary/aromatic N) is 2. The van der Waals surface area contributed by atoms with Crippen LogP contribution in [-0.4, -0.2) is 118 Å². The topological polar surface area (TPSA) is 194 Å². The van der Waals surface area contributed by atoms with Gasteiger partial charge in [0.1, 0.15) is 36.1 Å². The predicted octanol–water partition coefficient (Wildman–Crippen LogP) is 8.76. The molecule has 0 spiro atoms. The summed E-state index contributed by atoms with van der Waals surface area (Å²) in [5.41, 5.74) is 3.86. The Morgan fingerprint density at radius 3 is 2.57 bits per heavy atom. The highest BCUT2D eigenvalue weighted by Crippen LogP contribution is 2.40. The molecule has 7 rings (SSSR count). The molecule has 4 saturated heterocycles. The molecule has 69 heavy (non-hydrogen) atoms. The Morgan fingerprint density at radius 1 is 0.986 bits per heavy atom. The molecular formula is C53H71BrN2O13. The largest absolute Gasteiger partial charge is 0.458 e. The summed E-state index contributed by atoms with van der Waals surface area (Å²) in [4.78, 5) is 24.8. The van der Waals surface area contributed by atoms with Crippen molar-refractivity contribution in [1.29, 1.82) is 0 Å². The fraction of sp³-hybridized carbons (Fsp3) is 0.604. The summed E-state index contributed by atoms with van der Waals surface area (Å²) in [6.45, 7) is 12.2. The third kappa shape index (κ3) is 14.6. The molecule has 0 aliphatic carbocycles. The molecular weight excluding hydrogens is 952 g/mol. The van der Waals surface area contributed by atoms with Crippen molar-refractivity contribution in [2.45, 2.75) is 177 Å². The average molecular weight is 1020 g/mol. The van der Waals surface area contributed by atoms with E-state index in [0.717, 1.165) is 16.7 Å². The minimum absolute atomic E-state index is 0.0830. The van der Waals surface area contributed by atoms with Gasteiger partial charge in [-0.15, -0.1) is 0 Å². The maximum atomic E-state index is 13.6. The molecule has 0 radical (unpaired) electrons. The van der Waals surface area contributed by atoms with Crippen LogP contribution >= 0.6 is 15.9 Å². The Bertz CT molecular complexity index is 2210. The lowest BCUT2D eigenvalue weighted by atomic mass is 9.79. The van der Waals surface area contributed by atoms with Crippen molar-refractivity contribution >= 4 is 34.1 Å². The molecule has 16 heteroatoms. The quantitative estimate of drug-likeness (QED) is 0.104. The first kappa shape index (κ1) is 53.0.